The van der Waals surface area contributed by atoms with Crippen LogP contribution < -0.4 is 4.91 Å². The highest BCUT2D eigenvalue weighted by Crippen LogP contribution is 2.44. The molecule has 0 aromatic rings. The number of hydrogen-bond donors (Lipinski definition) is 2. The summed E-state index contributed by atoms with van der Waals surface area (Å²) >= 11 is 0. The topological polar surface area (TPSA) is 106 Å². The smallest absolute Gasteiger partial charge is 0.291 e. The maximum Gasteiger partial charge on any atom is 0.552 e. The number of nitrogens with zero attached hydrogens (tertiary/aromatic N) is 2. The average molecular weight is 182 g/mol. The van der Waals surface area contributed by atoms with Gasteiger partial charge in [0.2, 0.25) is 0 Å². The van der Waals surface area contributed by atoms with E-state index >= 15 is 0 Å². The number of hydrogen-bond acceptors (Lipinski definition) is 5. The highest BCUT2D eigenvalue weighted by Gasteiger charge is 2.26. The fourth-order valence-electron chi connectivity index (χ4n) is 0.350. The van der Waals surface area contributed by atoms with Gasteiger partial charge >= 0.3 is 13.1 Å². The first kappa shape index (κ1) is 10.3. The zero-order valence-corrected chi connectivity index (χ0v) is 6.99. The van der Waals surface area contributed by atoms with Gasteiger partial charge in [-0.15, -0.1) is 0 Å². The third kappa shape index (κ3) is 5.69. The maximum absolute atomic E-state index is 10.7. The standard InChI is InChI=1S/C3H8N3O4P/c1-3(2)9-11(7,8)10-6-5-4/h3-4H,1-2H3/p+1. The number of rotatable bonds is 4. The predicted molar refractivity (Wildman–Crippen MR) is 34.4 cm³/mol. The van der Waals surface area contributed by atoms with Gasteiger partial charge in [-0.1, -0.05) is 0 Å². The van der Waals surface area contributed by atoms with E-state index in [1.165, 1.54) is 0 Å². The minimum absolute atomic E-state index is 0.452. The van der Waals surface area contributed by atoms with E-state index < -0.39 is 13.9 Å². The Morgan fingerprint density at radius 2 is 2.27 bits per heavy atom. The second-order valence-electron chi connectivity index (χ2n) is 1.89. The lowest BCUT2D eigenvalue weighted by molar-refractivity contribution is 0.115. The molecule has 0 radical (unpaired) electrons. The lowest BCUT2D eigenvalue weighted by Crippen LogP contribution is -2.00. The summed E-state index contributed by atoms with van der Waals surface area (Å²) < 4.78 is 18.9. The van der Waals surface area contributed by atoms with Gasteiger partial charge in [-0.2, -0.15) is 0 Å². The molecule has 2 N–H and O–H groups in total. The highest BCUT2D eigenvalue weighted by atomic mass is 31.2. The fourth-order valence-corrected chi connectivity index (χ4v) is 1.05. The van der Waals surface area contributed by atoms with Crippen LogP contribution in [0.25, 0.3) is 0 Å². The molecule has 0 saturated heterocycles. The SMILES string of the molecule is CC(C)OP(=O)(O)ON=[N+]=N. The van der Waals surface area contributed by atoms with Gasteiger partial charge in [-0.05, 0) is 13.8 Å². The Labute approximate surface area is 63.1 Å². The number of phosphoric acid groups is 1. The first-order chi connectivity index (χ1) is 4.98. The molecule has 0 saturated carbocycles. The van der Waals surface area contributed by atoms with E-state index in [0.29, 0.717) is 0 Å². The first-order valence-corrected chi connectivity index (χ1v) is 4.24. The van der Waals surface area contributed by atoms with E-state index in [1.54, 1.807) is 13.8 Å². The zero-order valence-electron chi connectivity index (χ0n) is 6.09. The monoisotopic (exact) mass is 182 g/mol. The van der Waals surface area contributed by atoms with E-state index in [2.05, 4.69) is 19.3 Å². The van der Waals surface area contributed by atoms with Crippen LogP contribution in [0.1, 0.15) is 13.8 Å². The van der Waals surface area contributed by atoms with Crippen LogP contribution in [0.15, 0.2) is 5.28 Å². The Hall–Kier alpha value is -0.740. The van der Waals surface area contributed by atoms with Gasteiger partial charge in [0.15, 0.2) is 0 Å². The molecule has 1 atom stereocenters. The summed E-state index contributed by atoms with van der Waals surface area (Å²) in [7, 11) is -4.15. The molecular formula is C3H9N3O4P+. The van der Waals surface area contributed by atoms with Crippen molar-refractivity contribution in [2.24, 2.45) is 5.28 Å². The maximum atomic E-state index is 10.7. The molecule has 0 spiro atoms. The van der Waals surface area contributed by atoms with Gasteiger partial charge in [0.05, 0.1) is 6.10 Å². The van der Waals surface area contributed by atoms with Crippen molar-refractivity contribution in [3.63, 3.8) is 0 Å². The molecule has 0 aliphatic heterocycles. The summed E-state index contributed by atoms with van der Waals surface area (Å²) in [5.74, 6) is 0. The second-order valence-corrected chi connectivity index (χ2v) is 3.20. The molecular weight excluding hydrogens is 173 g/mol. The lowest BCUT2D eigenvalue weighted by atomic mass is 10.5. The van der Waals surface area contributed by atoms with Gasteiger partial charge in [-0.3, -0.25) is 9.42 Å². The molecule has 1 unspecified atom stereocenters. The Morgan fingerprint density at radius 3 is 2.64 bits per heavy atom. The minimum Gasteiger partial charge on any atom is -0.291 e. The molecule has 11 heavy (non-hydrogen) atoms. The van der Waals surface area contributed by atoms with E-state index in [4.69, 9.17) is 10.4 Å². The van der Waals surface area contributed by atoms with Crippen LogP contribution in [-0.2, 0) is 13.7 Å². The van der Waals surface area contributed by atoms with Crippen LogP contribution in [0.4, 0.5) is 0 Å². The molecule has 0 amide bonds. The van der Waals surface area contributed by atoms with Crippen molar-refractivity contribution >= 4 is 7.82 Å². The van der Waals surface area contributed by atoms with E-state index in [0.717, 1.165) is 0 Å². The molecule has 0 aromatic carbocycles. The normalized spacial score (nSPS) is 15.3. The summed E-state index contributed by atoms with van der Waals surface area (Å²) in [5, 5.41) is 2.55. The van der Waals surface area contributed by atoms with Crippen molar-refractivity contribution in [2.45, 2.75) is 20.0 Å². The second kappa shape index (κ2) is 4.20. The van der Waals surface area contributed by atoms with Crippen molar-refractivity contribution in [3.8, 4) is 0 Å². The highest BCUT2D eigenvalue weighted by molar-refractivity contribution is 7.47. The third-order valence-electron chi connectivity index (χ3n) is 0.525. The fraction of sp³-hybridized carbons (Fsp3) is 1.00. The van der Waals surface area contributed by atoms with Gasteiger partial charge in [0, 0.05) is 0 Å². The molecule has 7 nitrogen and oxygen atoms in total. The van der Waals surface area contributed by atoms with Gasteiger partial charge in [-0.25, -0.2) is 9.19 Å². The zero-order chi connectivity index (χ0) is 8.91. The van der Waals surface area contributed by atoms with Crippen LogP contribution in [0, 0.1) is 5.53 Å². The molecule has 0 aliphatic rings. The Balaban J connectivity index is 4.00. The molecule has 0 fully saturated rings. The molecule has 0 rings (SSSR count). The van der Waals surface area contributed by atoms with Gasteiger partial charge in [0.25, 0.3) is 4.91 Å². The van der Waals surface area contributed by atoms with Crippen LogP contribution in [0.2, 0.25) is 0 Å². The van der Waals surface area contributed by atoms with Crippen LogP contribution in [0.3, 0.4) is 0 Å². The lowest BCUT2D eigenvalue weighted by Gasteiger charge is -2.07. The van der Waals surface area contributed by atoms with Crippen LogP contribution in [0.5, 0.6) is 0 Å². The van der Waals surface area contributed by atoms with Crippen molar-refractivity contribution in [1.29, 1.82) is 5.53 Å². The Bertz CT molecular complexity index is 211. The van der Waals surface area contributed by atoms with Crippen molar-refractivity contribution in [2.75, 3.05) is 0 Å². The summed E-state index contributed by atoms with van der Waals surface area (Å²) in [6.07, 6.45) is -0.452. The van der Waals surface area contributed by atoms with Crippen LogP contribution >= 0.6 is 7.82 Å². The molecule has 0 bridgehead atoms. The van der Waals surface area contributed by atoms with Gasteiger partial charge < -0.3 is 0 Å². The third-order valence-corrected chi connectivity index (χ3v) is 1.49. The minimum atomic E-state index is -4.15. The summed E-state index contributed by atoms with van der Waals surface area (Å²) in [6, 6.07) is 0. The van der Waals surface area contributed by atoms with Crippen molar-refractivity contribution in [3.05, 3.63) is 0 Å². The average Bonchev–Trinajstić information content (AvgIpc) is 1.81. The largest absolute Gasteiger partial charge is 0.552 e. The number of phosphoric ester groups is 1. The summed E-state index contributed by atoms with van der Waals surface area (Å²) in [5.41, 5.74) is 6.11. The molecule has 64 valence electrons. The van der Waals surface area contributed by atoms with Crippen molar-refractivity contribution < 1.29 is 18.6 Å². The Morgan fingerprint density at radius 1 is 1.73 bits per heavy atom. The molecule has 0 aromatic heterocycles. The van der Waals surface area contributed by atoms with E-state index in [-0.39, 0.29) is 0 Å². The van der Waals surface area contributed by atoms with E-state index in [9.17, 15) is 4.57 Å². The molecule has 0 heterocycles. The van der Waals surface area contributed by atoms with Crippen LogP contribution in [-0.4, -0.2) is 11.0 Å². The van der Waals surface area contributed by atoms with Gasteiger partial charge in [0.1, 0.15) is 5.53 Å². The van der Waals surface area contributed by atoms with Crippen molar-refractivity contribution in [1.82, 2.24) is 4.91 Å². The molecule has 8 heteroatoms. The number of nitrogens with one attached hydrogen (secondary N) is 1. The van der Waals surface area contributed by atoms with E-state index in [1.807, 2.05) is 0 Å². The Kier molecular flexibility index (Phi) is 3.92. The summed E-state index contributed by atoms with van der Waals surface area (Å²) in [4.78, 5) is 11.1. The molecule has 0 aliphatic carbocycles. The predicted octanol–water partition coefficient (Wildman–Crippen LogP) is 0.994. The first-order valence-electron chi connectivity index (χ1n) is 2.74. The quantitative estimate of drug-likeness (QED) is 0.292. The summed E-state index contributed by atoms with van der Waals surface area (Å²) in [6.45, 7) is 3.12.